The summed E-state index contributed by atoms with van der Waals surface area (Å²) in [4.78, 5) is 20.8. The Kier molecular flexibility index (Phi) is 5.71. The molecule has 2 rings (SSSR count). The second kappa shape index (κ2) is 7.55. The molecule has 0 aliphatic rings. The first-order valence-corrected chi connectivity index (χ1v) is 8.35. The van der Waals surface area contributed by atoms with Gasteiger partial charge in [-0.15, -0.1) is 0 Å². The van der Waals surface area contributed by atoms with Crippen molar-refractivity contribution in [2.24, 2.45) is 0 Å². The van der Waals surface area contributed by atoms with Gasteiger partial charge in [0.2, 0.25) is 5.91 Å². The van der Waals surface area contributed by atoms with E-state index >= 15 is 0 Å². The number of hydrogen-bond donors (Lipinski definition) is 1. The van der Waals surface area contributed by atoms with Gasteiger partial charge in [-0.2, -0.15) is 0 Å². The summed E-state index contributed by atoms with van der Waals surface area (Å²) in [6.07, 6.45) is 0. The molecule has 0 spiro atoms. The normalized spacial score (nSPS) is 12.0. The third kappa shape index (κ3) is 4.76. The fourth-order valence-corrected chi connectivity index (χ4v) is 2.80. The van der Waals surface area contributed by atoms with Crippen LogP contribution in [0.1, 0.15) is 35.5 Å². The number of aromatic nitrogens is 2. The minimum atomic E-state index is -0.287. The Morgan fingerprint density at radius 3 is 2.30 bits per heavy atom. The maximum Gasteiger partial charge on any atom is 0.230 e. The number of aryl methyl sites for hydroxylation is 2. The average Bonchev–Trinajstić information content (AvgIpc) is 2.51. The second-order valence-electron chi connectivity index (χ2n) is 5.43. The maximum absolute atomic E-state index is 12.9. The van der Waals surface area contributed by atoms with Crippen molar-refractivity contribution in [3.63, 3.8) is 0 Å². The van der Waals surface area contributed by atoms with E-state index in [-0.39, 0.29) is 23.5 Å². The minimum absolute atomic E-state index is 0.105. The Labute approximate surface area is 139 Å². The summed E-state index contributed by atoms with van der Waals surface area (Å²) in [6, 6.07) is 5.94. The molecule has 0 aliphatic carbocycles. The lowest BCUT2D eigenvalue weighted by Crippen LogP contribution is -2.28. The van der Waals surface area contributed by atoms with E-state index in [1.54, 1.807) is 12.1 Å². The van der Waals surface area contributed by atoms with Gasteiger partial charge in [0.1, 0.15) is 5.82 Å². The molecule has 2 aromatic rings. The van der Waals surface area contributed by atoms with Gasteiger partial charge < -0.3 is 5.32 Å². The molecule has 0 saturated heterocycles. The van der Waals surface area contributed by atoms with Crippen molar-refractivity contribution in [1.82, 2.24) is 15.3 Å². The Hall–Kier alpha value is -1.95. The number of amides is 1. The number of halogens is 1. The van der Waals surface area contributed by atoms with E-state index in [0.717, 1.165) is 22.5 Å². The van der Waals surface area contributed by atoms with Gasteiger partial charge in [0, 0.05) is 11.4 Å². The molecule has 122 valence electrons. The van der Waals surface area contributed by atoms with Gasteiger partial charge in [0.05, 0.1) is 11.8 Å². The van der Waals surface area contributed by atoms with Gasteiger partial charge in [-0.3, -0.25) is 4.79 Å². The Morgan fingerprint density at radius 1 is 1.17 bits per heavy atom. The Balaban J connectivity index is 1.91. The first kappa shape index (κ1) is 17.4. The fraction of sp³-hybridized carbons (Fsp3) is 0.353. The molecular weight excluding hydrogens is 313 g/mol. The summed E-state index contributed by atoms with van der Waals surface area (Å²) >= 11 is 1.31. The molecule has 23 heavy (non-hydrogen) atoms. The molecule has 0 fully saturated rings. The number of carbonyl (C=O) groups is 1. The second-order valence-corrected chi connectivity index (χ2v) is 6.37. The number of nitrogens with zero attached hydrogens (tertiary/aromatic N) is 2. The van der Waals surface area contributed by atoms with Gasteiger partial charge in [-0.05, 0) is 51.0 Å². The zero-order chi connectivity index (χ0) is 17.0. The summed E-state index contributed by atoms with van der Waals surface area (Å²) in [5.74, 6) is -0.149. The van der Waals surface area contributed by atoms with Gasteiger partial charge in [0.15, 0.2) is 5.16 Å². The van der Waals surface area contributed by atoms with Crippen LogP contribution in [0.4, 0.5) is 4.39 Å². The minimum Gasteiger partial charge on any atom is -0.349 e. The molecule has 1 atom stereocenters. The number of nitrogens with one attached hydrogen (secondary N) is 1. The first-order valence-electron chi connectivity index (χ1n) is 7.36. The monoisotopic (exact) mass is 333 g/mol. The quantitative estimate of drug-likeness (QED) is 0.672. The number of hydrogen-bond acceptors (Lipinski definition) is 4. The van der Waals surface area contributed by atoms with Gasteiger partial charge in [0.25, 0.3) is 0 Å². The smallest absolute Gasteiger partial charge is 0.230 e. The van der Waals surface area contributed by atoms with Gasteiger partial charge >= 0.3 is 0 Å². The van der Waals surface area contributed by atoms with E-state index < -0.39 is 0 Å². The van der Waals surface area contributed by atoms with Gasteiger partial charge in [-0.1, -0.05) is 23.9 Å². The number of rotatable bonds is 5. The zero-order valence-electron chi connectivity index (χ0n) is 13.7. The van der Waals surface area contributed by atoms with E-state index in [0.29, 0.717) is 5.16 Å². The molecule has 0 bridgehead atoms. The van der Waals surface area contributed by atoms with Crippen molar-refractivity contribution in [3.05, 3.63) is 52.6 Å². The lowest BCUT2D eigenvalue weighted by atomic mass is 10.1. The Morgan fingerprint density at radius 2 is 1.74 bits per heavy atom. The van der Waals surface area contributed by atoms with E-state index in [2.05, 4.69) is 15.3 Å². The highest BCUT2D eigenvalue weighted by molar-refractivity contribution is 7.99. The third-order valence-corrected chi connectivity index (χ3v) is 4.54. The van der Waals surface area contributed by atoms with Crippen molar-refractivity contribution >= 4 is 17.7 Å². The van der Waals surface area contributed by atoms with E-state index in [9.17, 15) is 9.18 Å². The van der Waals surface area contributed by atoms with Crippen molar-refractivity contribution in [1.29, 1.82) is 0 Å². The average molecular weight is 333 g/mol. The zero-order valence-corrected chi connectivity index (χ0v) is 14.5. The maximum atomic E-state index is 12.9. The van der Waals surface area contributed by atoms with Crippen LogP contribution in [0.3, 0.4) is 0 Å². The molecule has 1 aromatic carbocycles. The predicted molar refractivity (Wildman–Crippen MR) is 89.9 cm³/mol. The molecule has 0 saturated carbocycles. The van der Waals surface area contributed by atoms with Crippen molar-refractivity contribution < 1.29 is 9.18 Å². The standard InChI is InChI=1S/C17H20FN3OS/c1-10-11(2)20-17(21-12(10)3)23-9-16(22)19-13(4)14-5-7-15(18)8-6-14/h5-8,13H,9H2,1-4H3,(H,19,22). The van der Waals surface area contributed by atoms with Crippen molar-refractivity contribution in [3.8, 4) is 0 Å². The van der Waals surface area contributed by atoms with Crippen LogP contribution in [0.2, 0.25) is 0 Å². The third-order valence-electron chi connectivity index (χ3n) is 3.69. The van der Waals surface area contributed by atoms with E-state index in [1.807, 2.05) is 27.7 Å². The fourth-order valence-electron chi connectivity index (χ4n) is 2.05. The lowest BCUT2D eigenvalue weighted by Gasteiger charge is -2.14. The molecule has 1 N–H and O–H groups in total. The summed E-state index contributed by atoms with van der Waals surface area (Å²) in [6.45, 7) is 7.72. The summed E-state index contributed by atoms with van der Waals surface area (Å²) in [7, 11) is 0. The first-order chi connectivity index (χ1) is 10.9. The molecular formula is C17H20FN3OS. The van der Waals surface area contributed by atoms with Crippen LogP contribution in [0.25, 0.3) is 0 Å². The molecule has 0 radical (unpaired) electrons. The molecule has 1 unspecified atom stereocenters. The van der Waals surface area contributed by atoms with Crippen LogP contribution in [-0.4, -0.2) is 21.6 Å². The molecule has 0 aliphatic heterocycles. The predicted octanol–water partition coefficient (Wildman–Crippen LogP) is 3.51. The number of carbonyl (C=O) groups excluding carboxylic acids is 1. The highest BCUT2D eigenvalue weighted by atomic mass is 32.2. The molecule has 1 aromatic heterocycles. The summed E-state index contributed by atoms with van der Waals surface area (Å²) in [5, 5.41) is 3.50. The van der Waals surface area contributed by atoms with Crippen LogP contribution in [0.15, 0.2) is 29.4 Å². The molecule has 1 heterocycles. The van der Waals surface area contributed by atoms with Crippen LogP contribution in [0, 0.1) is 26.6 Å². The van der Waals surface area contributed by atoms with Gasteiger partial charge in [-0.25, -0.2) is 14.4 Å². The highest BCUT2D eigenvalue weighted by Crippen LogP contribution is 2.18. The molecule has 1 amide bonds. The van der Waals surface area contributed by atoms with Crippen LogP contribution in [0.5, 0.6) is 0 Å². The molecule has 6 heteroatoms. The summed E-state index contributed by atoms with van der Waals surface area (Å²) < 4.78 is 12.9. The Bertz CT molecular complexity index is 680. The molecule has 4 nitrogen and oxygen atoms in total. The number of benzene rings is 1. The SMILES string of the molecule is Cc1nc(SCC(=O)NC(C)c2ccc(F)cc2)nc(C)c1C. The number of thioether (sulfide) groups is 1. The van der Waals surface area contributed by atoms with E-state index in [4.69, 9.17) is 0 Å². The van der Waals surface area contributed by atoms with Crippen molar-refractivity contribution in [2.75, 3.05) is 5.75 Å². The van der Waals surface area contributed by atoms with Crippen molar-refractivity contribution in [2.45, 2.75) is 38.9 Å². The topological polar surface area (TPSA) is 54.9 Å². The van der Waals surface area contributed by atoms with Crippen LogP contribution >= 0.6 is 11.8 Å². The highest BCUT2D eigenvalue weighted by Gasteiger charge is 2.12. The van der Waals surface area contributed by atoms with E-state index in [1.165, 1.54) is 23.9 Å². The summed E-state index contributed by atoms with van der Waals surface area (Å²) in [5.41, 5.74) is 3.80. The van der Waals surface area contributed by atoms with Crippen LogP contribution in [-0.2, 0) is 4.79 Å². The lowest BCUT2D eigenvalue weighted by molar-refractivity contribution is -0.119. The largest absolute Gasteiger partial charge is 0.349 e. The van der Waals surface area contributed by atoms with Crippen LogP contribution < -0.4 is 5.32 Å².